The molecule has 1 aliphatic heterocycles. The first-order valence-corrected chi connectivity index (χ1v) is 10.9. The molecule has 8 nitrogen and oxygen atoms in total. The van der Waals surface area contributed by atoms with Crippen molar-refractivity contribution in [3.63, 3.8) is 0 Å². The Bertz CT molecular complexity index is 1320. The highest BCUT2D eigenvalue weighted by molar-refractivity contribution is 6.02. The SMILES string of the molecule is C/N=C\c1cccc(Cc2nnc(C(=O)N[C@@H]3C(=O)Nc4c(F)cc(F)cc4[C@@H]4[C@H](C)[C@@H]43)[nH]2)c1. The van der Waals surface area contributed by atoms with E-state index in [0.717, 1.165) is 17.2 Å². The lowest BCUT2D eigenvalue weighted by molar-refractivity contribution is -0.118. The second-order valence-electron chi connectivity index (χ2n) is 8.68. The summed E-state index contributed by atoms with van der Waals surface area (Å²) in [6.45, 7) is 1.89. The van der Waals surface area contributed by atoms with Crippen LogP contribution in [0.5, 0.6) is 0 Å². The Labute approximate surface area is 193 Å². The summed E-state index contributed by atoms with van der Waals surface area (Å²) in [4.78, 5) is 32.6. The normalized spacial score (nSPS) is 23.1. The van der Waals surface area contributed by atoms with Gasteiger partial charge in [-0.2, -0.15) is 0 Å². The van der Waals surface area contributed by atoms with Gasteiger partial charge in [0.15, 0.2) is 0 Å². The molecule has 1 aliphatic carbocycles. The zero-order valence-electron chi connectivity index (χ0n) is 18.5. The molecule has 0 saturated heterocycles. The maximum atomic E-state index is 14.3. The van der Waals surface area contributed by atoms with Crippen LogP contribution < -0.4 is 10.6 Å². The molecule has 2 amide bonds. The van der Waals surface area contributed by atoms with E-state index in [4.69, 9.17) is 0 Å². The minimum absolute atomic E-state index is 0.0273. The maximum absolute atomic E-state index is 14.3. The number of halogens is 2. The molecule has 0 spiro atoms. The summed E-state index contributed by atoms with van der Waals surface area (Å²) >= 11 is 0. The van der Waals surface area contributed by atoms with Gasteiger partial charge in [-0.1, -0.05) is 25.1 Å². The van der Waals surface area contributed by atoms with Gasteiger partial charge in [-0.05, 0) is 46.6 Å². The summed E-state index contributed by atoms with van der Waals surface area (Å²) in [7, 11) is 1.70. The summed E-state index contributed by atoms with van der Waals surface area (Å²) in [5.74, 6) is -2.77. The number of nitrogens with one attached hydrogen (secondary N) is 3. The lowest BCUT2D eigenvalue weighted by atomic mass is 10.0. The first kappa shape index (κ1) is 21.9. The van der Waals surface area contributed by atoms with Gasteiger partial charge in [-0.3, -0.25) is 14.6 Å². The van der Waals surface area contributed by atoms with E-state index >= 15 is 0 Å². The first-order valence-electron chi connectivity index (χ1n) is 10.9. The molecule has 3 aromatic rings. The molecule has 1 saturated carbocycles. The van der Waals surface area contributed by atoms with Gasteiger partial charge in [0.2, 0.25) is 11.7 Å². The van der Waals surface area contributed by atoms with Crippen molar-refractivity contribution in [2.24, 2.45) is 16.8 Å². The molecule has 4 atom stereocenters. The van der Waals surface area contributed by atoms with E-state index in [1.807, 2.05) is 31.2 Å². The van der Waals surface area contributed by atoms with Crippen molar-refractivity contribution in [2.45, 2.75) is 25.3 Å². The Morgan fingerprint density at radius 1 is 1.24 bits per heavy atom. The van der Waals surface area contributed by atoms with Crippen molar-refractivity contribution >= 4 is 23.7 Å². The van der Waals surface area contributed by atoms with Crippen LogP contribution in [0.25, 0.3) is 0 Å². The number of rotatable bonds is 5. The predicted octanol–water partition coefficient (Wildman–Crippen LogP) is 2.82. The maximum Gasteiger partial charge on any atom is 0.289 e. The third kappa shape index (κ3) is 3.95. The van der Waals surface area contributed by atoms with E-state index in [1.54, 1.807) is 13.3 Å². The van der Waals surface area contributed by atoms with E-state index < -0.39 is 29.5 Å². The third-order valence-electron chi connectivity index (χ3n) is 6.44. The van der Waals surface area contributed by atoms with Crippen LogP contribution in [0.1, 0.15) is 46.0 Å². The minimum Gasteiger partial charge on any atom is -0.337 e. The number of anilines is 1. The second kappa shape index (κ2) is 8.44. The minimum atomic E-state index is -0.916. The van der Waals surface area contributed by atoms with Crippen molar-refractivity contribution in [3.8, 4) is 0 Å². The number of H-pyrrole nitrogens is 1. The molecule has 2 heterocycles. The average Bonchev–Trinajstić information content (AvgIpc) is 3.25. The number of benzene rings is 2. The first-order chi connectivity index (χ1) is 16.4. The van der Waals surface area contributed by atoms with Crippen molar-refractivity contribution in [1.82, 2.24) is 20.5 Å². The fraction of sp³-hybridized carbons (Fsp3) is 0.292. The smallest absolute Gasteiger partial charge is 0.289 e. The third-order valence-corrected chi connectivity index (χ3v) is 6.44. The van der Waals surface area contributed by atoms with E-state index in [0.29, 0.717) is 17.8 Å². The standard InChI is InChI=1S/C24H22F2N6O2/c1-11-18-15-8-14(25)9-16(26)20(15)29-23(33)21(19(11)18)30-24(34)22-28-17(31-32-22)7-12-4-3-5-13(6-12)10-27-2/h3-6,8-11,18-19,21H,7H2,1-2H3,(H,29,33)(H,30,34)(H,28,31,32)/b27-10-/t11-,18-,19-,21-/m0/s1. The van der Waals surface area contributed by atoms with Gasteiger partial charge in [0.05, 0.1) is 5.69 Å². The number of aromatic amines is 1. The highest BCUT2D eigenvalue weighted by Crippen LogP contribution is 2.59. The number of aliphatic imine (C=N–C) groups is 1. The fourth-order valence-corrected chi connectivity index (χ4v) is 4.84. The molecule has 2 aliphatic rings. The monoisotopic (exact) mass is 464 g/mol. The van der Waals surface area contributed by atoms with Crippen LogP contribution >= 0.6 is 0 Å². The zero-order chi connectivity index (χ0) is 24.0. The van der Waals surface area contributed by atoms with E-state index in [1.165, 1.54) is 6.07 Å². The predicted molar refractivity (Wildman–Crippen MR) is 121 cm³/mol. The van der Waals surface area contributed by atoms with Crippen LogP contribution in [-0.4, -0.2) is 46.3 Å². The summed E-state index contributed by atoms with van der Waals surface area (Å²) in [6.07, 6.45) is 2.17. The molecule has 2 aromatic carbocycles. The lowest BCUT2D eigenvalue weighted by Gasteiger charge is -2.17. The van der Waals surface area contributed by atoms with Gasteiger partial charge in [-0.15, -0.1) is 10.2 Å². The molecule has 34 heavy (non-hydrogen) atoms. The van der Waals surface area contributed by atoms with Crippen LogP contribution in [0, 0.1) is 23.5 Å². The summed E-state index contributed by atoms with van der Waals surface area (Å²) in [5.41, 5.74) is 2.30. The van der Waals surface area contributed by atoms with Crippen molar-refractivity contribution in [1.29, 1.82) is 0 Å². The molecule has 0 unspecified atom stereocenters. The molecular weight excluding hydrogens is 442 g/mol. The quantitative estimate of drug-likeness (QED) is 0.504. The summed E-state index contributed by atoms with van der Waals surface area (Å²) in [5, 5.41) is 13.2. The number of amides is 2. The molecule has 1 aromatic heterocycles. The Morgan fingerprint density at radius 2 is 2.06 bits per heavy atom. The van der Waals surface area contributed by atoms with Gasteiger partial charge < -0.3 is 15.6 Å². The largest absolute Gasteiger partial charge is 0.337 e. The average molecular weight is 464 g/mol. The summed E-state index contributed by atoms with van der Waals surface area (Å²) in [6, 6.07) is 8.79. The molecule has 10 heteroatoms. The van der Waals surface area contributed by atoms with Gasteiger partial charge in [0.1, 0.15) is 23.5 Å². The molecule has 3 N–H and O–H groups in total. The lowest BCUT2D eigenvalue weighted by Crippen LogP contribution is -2.45. The number of fused-ring (bicyclic) bond motifs is 3. The van der Waals surface area contributed by atoms with E-state index in [2.05, 4.69) is 30.8 Å². The molecule has 174 valence electrons. The zero-order valence-corrected chi connectivity index (χ0v) is 18.5. The molecule has 0 radical (unpaired) electrons. The van der Waals surface area contributed by atoms with Gasteiger partial charge in [0, 0.05) is 25.7 Å². The molecule has 0 bridgehead atoms. The topological polar surface area (TPSA) is 112 Å². The summed E-state index contributed by atoms with van der Waals surface area (Å²) < 4.78 is 28.1. The van der Waals surface area contributed by atoms with Gasteiger partial charge in [-0.25, -0.2) is 8.78 Å². The Kier molecular flexibility index (Phi) is 5.43. The van der Waals surface area contributed by atoms with E-state index in [-0.39, 0.29) is 29.3 Å². The molecular formula is C24H22F2N6O2. The van der Waals surface area contributed by atoms with Crippen LogP contribution in [0.4, 0.5) is 14.5 Å². The number of hydrogen-bond acceptors (Lipinski definition) is 5. The number of carbonyl (C=O) groups is 2. The van der Waals surface area contributed by atoms with Crippen LogP contribution in [-0.2, 0) is 11.2 Å². The number of aromatic nitrogens is 3. The van der Waals surface area contributed by atoms with Crippen molar-refractivity contribution < 1.29 is 18.4 Å². The number of nitrogens with zero attached hydrogens (tertiary/aromatic N) is 3. The second-order valence-corrected chi connectivity index (χ2v) is 8.68. The highest BCUT2D eigenvalue weighted by atomic mass is 19.1. The van der Waals surface area contributed by atoms with Crippen LogP contribution in [0.3, 0.4) is 0 Å². The number of hydrogen-bond donors (Lipinski definition) is 3. The molecule has 1 fully saturated rings. The Balaban J connectivity index is 1.32. The highest BCUT2D eigenvalue weighted by Gasteiger charge is 2.57. The van der Waals surface area contributed by atoms with Gasteiger partial charge >= 0.3 is 0 Å². The number of carbonyl (C=O) groups excluding carboxylic acids is 2. The van der Waals surface area contributed by atoms with Crippen LogP contribution in [0.2, 0.25) is 0 Å². The van der Waals surface area contributed by atoms with Crippen LogP contribution in [0.15, 0.2) is 41.4 Å². The Hall–Kier alpha value is -3.95. The van der Waals surface area contributed by atoms with Gasteiger partial charge in [0.25, 0.3) is 5.91 Å². The van der Waals surface area contributed by atoms with E-state index in [9.17, 15) is 18.4 Å². The molecule has 5 rings (SSSR count). The fourth-order valence-electron chi connectivity index (χ4n) is 4.84. The van der Waals surface area contributed by atoms with Crippen molar-refractivity contribution in [2.75, 3.05) is 12.4 Å². The Morgan fingerprint density at radius 3 is 2.85 bits per heavy atom. The van der Waals surface area contributed by atoms with Crippen molar-refractivity contribution in [3.05, 3.63) is 76.4 Å².